The van der Waals surface area contributed by atoms with Gasteiger partial charge in [0.15, 0.2) is 5.96 Å². The van der Waals surface area contributed by atoms with E-state index in [2.05, 4.69) is 84.0 Å². The van der Waals surface area contributed by atoms with Gasteiger partial charge in [0.1, 0.15) is 0 Å². The van der Waals surface area contributed by atoms with Crippen molar-refractivity contribution in [3.63, 3.8) is 0 Å². The van der Waals surface area contributed by atoms with Crippen molar-refractivity contribution in [1.82, 2.24) is 20.1 Å². The third kappa shape index (κ3) is 6.63. The van der Waals surface area contributed by atoms with Crippen molar-refractivity contribution in [3.8, 4) is 0 Å². The molecule has 0 saturated carbocycles. The van der Waals surface area contributed by atoms with Crippen LogP contribution < -0.4 is 10.6 Å². The van der Waals surface area contributed by atoms with E-state index in [9.17, 15) is 0 Å². The summed E-state index contributed by atoms with van der Waals surface area (Å²) in [6.07, 6.45) is 4.15. The predicted octanol–water partition coefficient (Wildman–Crippen LogP) is 2.60. The molecule has 2 N–H and O–H groups in total. The maximum absolute atomic E-state index is 4.67. The van der Waals surface area contributed by atoms with E-state index in [0.29, 0.717) is 12.6 Å². The number of aryl methyl sites for hydroxylation is 1. The number of guanidine groups is 1. The Morgan fingerprint density at radius 1 is 1.16 bits per heavy atom. The quantitative estimate of drug-likeness (QED) is 0.573. The molecule has 136 valence electrons. The molecule has 0 aliphatic heterocycles. The molecule has 0 bridgehead atoms. The van der Waals surface area contributed by atoms with Crippen molar-refractivity contribution < 1.29 is 0 Å². The maximum atomic E-state index is 4.67. The van der Waals surface area contributed by atoms with Crippen LogP contribution in [0.25, 0.3) is 0 Å². The van der Waals surface area contributed by atoms with Gasteiger partial charge in [-0.3, -0.25) is 4.90 Å². The Balaban J connectivity index is 1.84. The standard InChI is InChI=1S/C20H31N5/c1-5-21-20(23-14-19-11-12-24(3)15-19)22-13-17(2)25(4)16-18-9-7-6-8-10-18/h6-12,15,17H,5,13-14,16H2,1-4H3,(H2,21,22,23). The van der Waals surface area contributed by atoms with E-state index in [1.165, 1.54) is 11.1 Å². The number of aromatic nitrogens is 1. The van der Waals surface area contributed by atoms with Gasteiger partial charge in [-0.15, -0.1) is 0 Å². The fourth-order valence-electron chi connectivity index (χ4n) is 2.59. The highest BCUT2D eigenvalue weighted by Gasteiger charge is 2.10. The Kier molecular flexibility index (Phi) is 7.54. The van der Waals surface area contributed by atoms with Gasteiger partial charge in [0, 0.05) is 45.1 Å². The summed E-state index contributed by atoms with van der Waals surface area (Å²) in [7, 11) is 4.19. The molecule has 2 aromatic rings. The van der Waals surface area contributed by atoms with Crippen LogP contribution in [-0.4, -0.2) is 41.6 Å². The number of likely N-dealkylation sites (N-methyl/N-ethyl adjacent to an activating group) is 1. The van der Waals surface area contributed by atoms with Gasteiger partial charge in [-0.2, -0.15) is 0 Å². The lowest BCUT2D eigenvalue weighted by Crippen LogP contribution is -2.44. The van der Waals surface area contributed by atoms with E-state index in [0.717, 1.165) is 25.6 Å². The van der Waals surface area contributed by atoms with Crippen molar-refractivity contribution in [2.45, 2.75) is 33.0 Å². The second kappa shape index (κ2) is 9.89. The number of hydrogen-bond donors (Lipinski definition) is 2. The van der Waals surface area contributed by atoms with Crippen LogP contribution in [0.15, 0.2) is 53.8 Å². The van der Waals surface area contributed by atoms with E-state index in [-0.39, 0.29) is 0 Å². The molecule has 1 unspecified atom stereocenters. The lowest BCUT2D eigenvalue weighted by Gasteiger charge is -2.25. The van der Waals surface area contributed by atoms with Crippen LogP contribution in [-0.2, 0) is 20.1 Å². The Morgan fingerprint density at radius 3 is 2.56 bits per heavy atom. The number of hydrogen-bond acceptors (Lipinski definition) is 2. The highest BCUT2D eigenvalue weighted by Crippen LogP contribution is 2.05. The van der Waals surface area contributed by atoms with E-state index >= 15 is 0 Å². The molecule has 1 atom stereocenters. The van der Waals surface area contributed by atoms with Crippen molar-refractivity contribution in [2.24, 2.45) is 12.0 Å². The molecule has 0 aliphatic rings. The van der Waals surface area contributed by atoms with Crippen LogP contribution in [0.1, 0.15) is 25.0 Å². The first-order chi connectivity index (χ1) is 12.1. The van der Waals surface area contributed by atoms with E-state index in [4.69, 9.17) is 0 Å². The first kappa shape index (κ1) is 19.1. The topological polar surface area (TPSA) is 44.6 Å². The zero-order valence-corrected chi connectivity index (χ0v) is 15.9. The van der Waals surface area contributed by atoms with Crippen LogP contribution in [0.2, 0.25) is 0 Å². The van der Waals surface area contributed by atoms with E-state index in [1.54, 1.807) is 0 Å². The van der Waals surface area contributed by atoms with Gasteiger partial charge in [-0.25, -0.2) is 4.99 Å². The van der Waals surface area contributed by atoms with Crippen molar-refractivity contribution in [2.75, 3.05) is 20.1 Å². The summed E-state index contributed by atoms with van der Waals surface area (Å²) in [5.74, 6) is 0.867. The minimum atomic E-state index is 0.404. The summed E-state index contributed by atoms with van der Waals surface area (Å²) >= 11 is 0. The molecule has 25 heavy (non-hydrogen) atoms. The maximum Gasteiger partial charge on any atom is 0.191 e. The molecule has 5 nitrogen and oxygen atoms in total. The highest BCUT2D eigenvalue weighted by atomic mass is 15.2. The van der Waals surface area contributed by atoms with Crippen LogP contribution in [0.3, 0.4) is 0 Å². The van der Waals surface area contributed by atoms with Gasteiger partial charge in [0.05, 0.1) is 6.54 Å². The minimum absolute atomic E-state index is 0.404. The Hall–Kier alpha value is -2.27. The smallest absolute Gasteiger partial charge is 0.191 e. The lowest BCUT2D eigenvalue weighted by atomic mass is 10.2. The summed E-state index contributed by atoms with van der Waals surface area (Å²) in [5.41, 5.74) is 2.55. The van der Waals surface area contributed by atoms with Gasteiger partial charge in [-0.05, 0) is 38.1 Å². The molecule has 0 spiro atoms. The summed E-state index contributed by atoms with van der Waals surface area (Å²) in [4.78, 5) is 7.03. The second-order valence-corrected chi connectivity index (χ2v) is 6.51. The summed E-state index contributed by atoms with van der Waals surface area (Å²) in [6, 6.07) is 13.1. The number of benzene rings is 1. The predicted molar refractivity (Wildman–Crippen MR) is 106 cm³/mol. The zero-order chi connectivity index (χ0) is 18.1. The molecular weight excluding hydrogens is 310 g/mol. The first-order valence-corrected chi connectivity index (χ1v) is 8.95. The fourth-order valence-corrected chi connectivity index (χ4v) is 2.59. The molecule has 0 fully saturated rings. The monoisotopic (exact) mass is 341 g/mol. The molecular formula is C20H31N5. The SMILES string of the molecule is CCNC(=NCc1ccn(C)c1)NCC(C)N(C)Cc1ccccc1. The van der Waals surface area contributed by atoms with Gasteiger partial charge in [0.2, 0.25) is 0 Å². The molecule has 1 aromatic carbocycles. The molecule has 0 amide bonds. The molecule has 1 heterocycles. The van der Waals surface area contributed by atoms with Crippen molar-refractivity contribution in [1.29, 1.82) is 0 Å². The first-order valence-electron chi connectivity index (χ1n) is 8.95. The Labute approximate surface area is 151 Å². The second-order valence-electron chi connectivity index (χ2n) is 6.51. The number of nitrogens with one attached hydrogen (secondary N) is 2. The van der Waals surface area contributed by atoms with Crippen LogP contribution in [0, 0.1) is 0 Å². The fraction of sp³-hybridized carbons (Fsp3) is 0.450. The molecule has 0 saturated heterocycles. The third-order valence-electron chi connectivity index (χ3n) is 4.25. The zero-order valence-electron chi connectivity index (χ0n) is 15.9. The van der Waals surface area contributed by atoms with Crippen molar-refractivity contribution in [3.05, 3.63) is 59.9 Å². The Bertz CT molecular complexity index is 647. The van der Waals surface area contributed by atoms with Crippen LogP contribution in [0.4, 0.5) is 0 Å². The van der Waals surface area contributed by atoms with Gasteiger partial charge in [0.25, 0.3) is 0 Å². The molecule has 0 aliphatic carbocycles. The highest BCUT2D eigenvalue weighted by molar-refractivity contribution is 5.79. The summed E-state index contributed by atoms with van der Waals surface area (Å²) in [5, 5.41) is 6.77. The number of aliphatic imine (C=N–C) groups is 1. The van der Waals surface area contributed by atoms with Gasteiger partial charge >= 0.3 is 0 Å². The molecule has 1 aromatic heterocycles. The third-order valence-corrected chi connectivity index (χ3v) is 4.25. The van der Waals surface area contributed by atoms with E-state index in [1.807, 2.05) is 17.8 Å². The van der Waals surface area contributed by atoms with E-state index < -0.39 is 0 Å². The average molecular weight is 342 g/mol. The van der Waals surface area contributed by atoms with Crippen molar-refractivity contribution >= 4 is 5.96 Å². The number of nitrogens with zero attached hydrogens (tertiary/aromatic N) is 3. The minimum Gasteiger partial charge on any atom is -0.357 e. The van der Waals surface area contributed by atoms with Crippen LogP contribution >= 0.6 is 0 Å². The lowest BCUT2D eigenvalue weighted by molar-refractivity contribution is 0.249. The average Bonchev–Trinajstić information content (AvgIpc) is 3.03. The van der Waals surface area contributed by atoms with Crippen LogP contribution in [0.5, 0.6) is 0 Å². The summed E-state index contributed by atoms with van der Waals surface area (Å²) < 4.78 is 2.05. The molecule has 5 heteroatoms. The largest absolute Gasteiger partial charge is 0.357 e. The number of rotatable bonds is 8. The Morgan fingerprint density at radius 2 is 1.92 bits per heavy atom. The van der Waals surface area contributed by atoms with Gasteiger partial charge < -0.3 is 15.2 Å². The normalized spacial score (nSPS) is 13.1. The summed E-state index contributed by atoms with van der Waals surface area (Å²) in [6.45, 7) is 7.66. The molecule has 0 radical (unpaired) electrons. The molecule has 2 rings (SSSR count). The van der Waals surface area contributed by atoms with Gasteiger partial charge in [-0.1, -0.05) is 30.3 Å².